The Morgan fingerprint density at radius 3 is 2.94 bits per heavy atom. The molecule has 5 heteroatoms. The van der Waals surface area contributed by atoms with Crippen LogP contribution in [0.1, 0.15) is 23.2 Å². The predicted octanol–water partition coefficient (Wildman–Crippen LogP) is 1.90. The standard InChI is InChI=1S/C12H11N3O2/c16-11(17)7-1-4-10-8(5-7)6-13-12(15-10)14-9-2-3-9/h1,4-6,9H,2-3H2,(H,16,17)(H,13,14,15). The number of rotatable bonds is 3. The van der Waals surface area contributed by atoms with Crippen LogP contribution in [0.3, 0.4) is 0 Å². The topological polar surface area (TPSA) is 75.1 Å². The number of benzene rings is 1. The summed E-state index contributed by atoms with van der Waals surface area (Å²) < 4.78 is 0. The van der Waals surface area contributed by atoms with E-state index in [2.05, 4.69) is 15.3 Å². The molecule has 0 spiro atoms. The van der Waals surface area contributed by atoms with Gasteiger partial charge in [0.2, 0.25) is 5.95 Å². The lowest BCUT2D eigenvalue weighted by atomic mass is 10.1. The number of hydrogen-bond donors (Lipinski definition) is 2. The first kappa shape index (κ1) is 10.0. The van der Waals surface area contributed by atoms with Crippen LogP contribution in [0.4, 0.5) is 5.95 Å². The Labute approximate surface area is 97.5 Å². The zero-order valence-corrected chi connectivity index (χ0v) is 9.05. The van der Waals surface area contributed by atoms with Crippen molar-refractivity contribution in [1.29, 1.82) is 0 Å². The van der Waals surface area contributed by atoms with Gasteiger partial charge >= 0.3 is 5.97 Å². The van der Waals surface area contributed by atoms with Crippen LogP contribution in [-0.4, -0.2) is 27.1 Å². The molecular formula is C12H11N3O2. The Kier molecular flexibility index (Phi) is 2.18. The average Bonchev–Trinajstić information content (AvgIpc) is 3.12. The first-order chi connectivity index (χ1) is 8.22. The Hall–Kier alpha value is -2.17. The highest BCUT2D eigenvalue weighted by Gasteiger charge is 2.21. The van der Waals surface area contributed by atoms with E-state index in [4.69, 9.17) is 5.11 Å². The zero-order chi connectivity index (χ0) is 11.8. The van der Waals surface area contributed by atoms with Crippen molar-refractivity contribution in [2.45, 2.75) is 18.9 Å². The number of carboxylic acids is 1. The van der Waals surface area contributed by atoms with E-state index in [1.165, 1.54) is 12.8 Å². The van der Waals surface area contributed by atoms with E-state index in [-0.39, 0.29) is 5.56 Å². The number of hydrogen-bond acceptors (Lipinski definition) is 4. The second-order valence-corrected chi connectivity index (χ2v) is 4.19. The van der Waals surface area contributed by atoms with E-state index in [1.807, 2.05) is 0 Å². The number of aromatic carboxylic acids is 1. The van der Waals surface area contributed by atoms with E-state index >= 15 is 0 Å². The molecule has 17 heavy (non-hydrogen) atoms. The summed E-state index contributed by atoms with van der Waals surface area (Å²) in [5, 5.41) is 12.8. The fourth-order valence-electron chi connectivity index (χ4n) is 1.65. The SMILES string of the molecule is O=C(O)c1ccc2nc(NC3CC3)ncc2c1. The van der Waals surface area contributed by atoms with Crippen LogP contribution >= 0.6 is 0 Å². The molecule has 3 rings (SSSR count). The van der Waals surface area contributed by atoms with Crippen LogP contribution in [0, 0.1) is 0 Å². The van der Waals surface area contributed by atoms with Gasteiger partial charge in [0.15, 0.2) is 0 Å². The summed E-state index contributed by atoms with van der Waals surface area (Å²) in [6.45, 7) is 0. The van der Waals surface area contributed by atoms with Crippen LogP contribution < -0.4 is 5.32 Å². The van der Waals surface area contributed by atoms with E-state index < -0.39 is 5.97 Å². The number of nitrogens with one attached hydrogen (secondary N) is 1. The largest absolute Gasteiger partial charge is 0.478 e. The van der Waals surface area contributed by atoms with Crippen molar-refractivity contribution in [3.8, 4) is 0 Å². The maximum Gasteiger partial charge on any atom is 0.335 e. The normalized spacial score (nSPS) is 14.8. The molecular weight excluding hydrogens is 218 g/mol. The molecule has 0 amide bonds. The molecule has 1 heterocycles. The Morgan fingerprint density at radius 2 is 2.24 bits per heavy atom. The minimum Gasteiger partial charge on any atom is -0.478 e. The predicted molar refractivity (Wildman–Crippen MR) is 63.1 cm³/mol. The summed E-state index contributed by atoms with van der Waals surface area (Å²) in [6, 6.07) is 5.35. The number of carbonyl (C=O) groups is 1. The number of fused-ring (bicyclic) bond motifs is 1. The fraction of sp³-hybridized carbons (Fsp3) is 0.250. The first-order valence-corrected chi connectivity index (χ1v) is 5.49. The van der Waals surface area contributed by atoms with Crippen molar-refractivity contribution < 1.29 is 9.90 Å². The Balaban J connectivity index is 1.99. The van der Waals surface area contributed by atoms with E-state index in [0.29, 0.717) is 12.0 Å². The molecule has 0 unspecified atom stereocenters. The van der Waals surface area contributed by atoms with Crippen LogP contribution in [0.25, 0.3) is 10.9 Å². The van der Waals surface area contributed by atoms with Crippen molar-refractivity contribution in [3.05, 3.63) is 30.0 Å². The second-order valence-electron chi connectivity index (χ2n) is 4.19. The van der Waals surface area contributed by atoms with Gasteiger partial charge in [-0.15, -0.1) is 0 Å². The van der Waals surface area contributed by atoms with Crippen molar-refractivity contribution in [2.24, 2.45) is 0 Å². The molecule has 1 fully saturated rings. The lowest BCUT2D eigenvalue weighted by Crippen LogP contribution is -2.05. The van der Waals surface area contributed by atoms with Gasteiger partial charge in [-0.05, 0) is 31.0 Å². The number of aromatic nitrogens is 2. The molecule has 0 radical (unpaired) electrons. The number of carboxylic acid groups (broad SMARTS) is 1. The lowest BCUT2D eigenvalue weighted by Gasteiger charge is -2.04. The van der Waals surface area contributed by atoms with Crippen molar-refractivity contribution in [3.63, 3.8) is 0 Å². The molecule has 1 aliphatic carbocycles. The van der Waals surface area contributed by atoms with E-state index in [9.17, 15) is 4.79 Å². The molecule has 2 aromatic rings. The minimum absolute atomic E-state index is 0.254. The summed E-state index contributed by atoms with van der Waals surface area (Å²) in [7, 11) is 0. The Morgan fingerprint density at radius 1 is 1.41 bits per heavy atom. The maximum absolute atomic E-state index is 10.8. The summed E-state index contributed by atoms with van der Waals surface area (Å²) in [6.07, 6.45) is 3.98. The highest BCUT2D eigenvalue weighted by Crippen LogP contribution is 2.23. The highest BCUT2D eigenvalue weighted by atomic mass is 16.4. The third-order valence-corrected chi connectivity index (χ3v) is 2.74. The van der Waals surface area contributed by atoms with Gasteiger partial charge in [-0.3, -0.25) is 0 Å². The van der Waals surface area contributed by atoms with Crippen molar-refractivity contribution >= 4 is 22.8 Å². The fourth-order valence-corrected chi connectivity index (χ4v) is 1.65. The summed E-state index contributed by atoms with van der Waals surface area (Å²) in [5.41, 5.74) is 1.01. The smallest absolute Gasteiger partial charge is 0.335 e. The molecule has 1 saturated carbocycles. The lowest BCUT2D eigenvalue weighted by molar-refractivity contribution is 0.0697. The third-order valence-electron chi connectivity index (χ3n) is 2.74. The van der Waals surface area contributed by atoms with Crippen molar-refractivity contribution in [1.82, 2.24) is 9.97 Å². The highest BCUT2D eigenvalue weighted by molar-refractivity contribution is 5.93. The molecule has 1 aromatic carbocycles. The molecule has 1 aliphatic rings. The van der Waals surface area contributed by atoms with Crippen molar-refractivity contribution in [2.75, 3.05) is 5.32 Å². The minimum atomic E-state index is -0.938. The number of anilines is 1. The molecule has 0 saturated heterocycles. The summed E-state index contributed by atoms with van der Waals surface area (Å²) in [4.78, 5) is 19.3. The average molecular weight is 229 g/mol. The molecule has 0 aliphatic heterocycles. The van der Waals surface area contributed by atoms with Gasteiger partial charge in [-0.1, -0.05) is 0 Å². The van der Waals surface area contributed by atoms with Gasteiger partial charge in [-0.2, -0.15) is 0 Å². The third kappa shape index (κ3) is 2.04. The van der Waals surface area contributed by atoms with Gasteiger partial charge < -0.3 is 10.4 Å². The van der Waals surface area contributed by atoms with E-state index in [1.54, 1.807) is 24.4 Å². The maximum atomic E-state index is 10.8. The van der Waals surface area contributed by atoms with Gasteiger partial charge in [0.25, 0.3) is 0 Å². The quantitative estimate of drug-likeness (QED) is 0.840. The summed E-state index contributed by atoms with van der Waals surface area (Å²) >= 11 is 0. The number of nitrogens with zero attached hydrogens (tertiary/aromatic N) is 2. The van der Waals surface area contributed by atoms with Crippen LogP contribution in [0.2, 0.25) is 0 Å². The van der Waals surface area contributed by atoms with Gasteiger partial charge in [0.05, 0.1) is 11.1 Å². The van der Waals surface area contributed by atoms with Gasteiger partial charge in [0, 0.05) is 17.6 Å². The molecule has 5 nitrogen and oxygen atoms in total. The van der Waals surface area contributed by atoms with Gasteiger partial charge in [0.1, 0.15) is 0 Å². The monoisotopic (exact) mass is 229 g/mol. The first-order valence-electron chi connectivity index (χ1n) is 5.49. The van der Waals surface area contributed by atoms with E-state index in [0.717, 1.165) is 10.9 Å². The second kappa shape index (κ2) is 3.69. The molecule has 2 N–H and O–H groups in total. The van der Waals surface area contributed by atoms with Gasteiger partial charge in [-0.25, -0.2) is 14.8 Å². The zero-order valence-electron chi connectivity index (χ0n) is 9.05. The van der Waals surface area contributed by atoms with Crippen LogP contribution in [0.5, 0.6) is 0 Å². The molecule has 86 valence electrons. The molecule has 0 atom stereocenters. The molecule has 0 bridgehead atoms. The van der Waals surface area contributed by atoms with Crippen LogP contribution in [0.15, 0.2) is 24.4 Å². The van der Waals surface area contributed by atoms with Crippen LogP contribution in [-0.2, 0) is 0 Å². The molecule has 1 aromatic heterocycles. The Bertz CT molecular complexity index is 593. The summed E-state index contributed by atoms with van der Waals surface area (Å²) in [5.74, 6) is -0.324.